The summed E-state index contributed by atoms with van der Waals surface area (Å²) in [7, 11) is -1.21. The quantitative estimate of drug-likeness (QED) is 0.271. The van der Waals surface area contributed by atoms with E-state index in [4.69, 9.17) is 35.0 Å². The van der Waals surface area contributed by atoms with E-state index in [1.807, 2.05) is 6.07 Å². The van der Waals surface area contributed by atoms with Crippen molar-refractivity contribution in [3.63, 3.8) is 0 Å². The van der Waals surface area contributed by atoms with Crippen LogP contribution in [0.4, 0.5) is 17.3 Å². The molecule has 2 fully saturated rings. The topological polar surface area (TPSA) is 171 Å². The fourth-order valence-corrected chi connectivity index (χ4v) is 4.61. The van der Waals surface area contributed by atoms with Crippen LogP contribution in [0.25, 0.3) is 0 Å². The molecule has 0 radical (unpaired) electrons. The molecule has 2 aliphatic rings. The molecule has 0 bridgehead atoms. The van der Waals surface area contributed by atoms with Gasteiger partial charge in [0.25, 0.3) is 0 Å². The number of hydrogen-bond donors (Lipinski definition) is 4. The molecule has 3 heterocycles. The van der Waals surface area contributed by atoms with Crippen LogP contribution in [0.2, 0.25) is 0 Å². The zero-order chi connectivity index (χ0) is 18.0. The van der Waals surface area contributed by atoms with Crippen LogP contribution in [0.3, 0.4) is 0 Å². The maximum atomic E-state index is 10.5. The standard InChI is InChI=1S/C12H20BN6O5P/c13-25(21-3-1-2-14)22-4-6-9(24-25)8(20)12(23-6)19-11-7(15)10(16)17-5-18-11/h5-6,8-9,12,20,25H,1,3-4,13,15H2,(H3,16,17,18,19)/t6?,8?,9-,12?/m1/s1. The predicted molar refractivity (Wildman–Crippen MR) is 93.0 cm³/mol. The van der Waals surface area contributed by atoms with Gasteiger partial charge < -0.3 is 0 Å². The second-order valence-electron chi connectivity index (χ2n) is 5.76. The van der Waals surface area contributed by atoms with Gasteiger partial charge in [-0.25, -0.2) is 0 Å². The number of ether oxygens (including phenoxy) is 1. The fraction of sp³-hybridized carbons (Fsp3) is 0.583. The minimum absolute atomic E-state index is 0.132. The molecule has 0 aliphatic carbocycles. The van der Waals surface area contributed by atoms with Crippen molar-refractivity contribution < 1.29 is 23.4 Å². The number of hydrogen-bond acceptors (Lipinski definition) is 11. The molecule has 11 nitrogen and oxygen atoms in total. The summed E-state index contributed by atoms with van der Waals surface area (Å²) >= 11 is 0. The van der Waals surface area contributed by atoms with Crippen molar-refractivity contribution in [2.24, 2.45) is 0 Å². The Morgan fingerprint density at radius 3 is 3.08 bits per heavy atom. The van der Waals surface area contributed by atoms with Gasteiger partial charge in [-0.05, 0) is 0 Å². The molecule has 0 spiro atoms. The van der Waals surface area contributed by atoms with Crippen LogP contribution in [0.5, 0.6) is 0 Å². The molecule has 4 atom stereocenters. The Morgan fingerprint density at radius 2 is 2.32 bits per heavy atom. The van der Waals surface area contributed by atoms with Gasteiger partial charge in [0.2, 0.25) is 0 Å². The Labute approximate surface area is 145 Å². The summed E-state index contributed by atoms with van der Waals surface area (Å²) in [5.41, 5.74) is 11.6. The number of aliphatic hydroxyl groups excluding tert-OH is 1. The summed E-state index contributed by atoms with van der Waals surface area (Å²) in [6.07, 6.45) is -1.38. The number of nitrogens with zero attached hydrogens (tertiary/aromatic N) is 3. The average molecular weight is 370 g/mol. The molecule has 2 aliphatic heterocycles. The summed E-state index contributed by atoms with van der Waals surface area (Å²) in [4.78, 5) is 7.78. The summed E-state index contributed by atoms with van der Waals surface area (Å²) in [6, 6.07) is 1.99. The Kier molecular flexibility index (Phi) is 5.24. The van der Waals surface area contributed by atoms with Gasteiger partial charge in [-0.1, -0.05) is 0 Å². The van der Waals surface area contributed by atoms with Gasteiger partial charge in [-0.2, -0.15) is 0 Å². The Balaban J connectivity index is 1.66. The van der Waals surface area contributed by atoms with Gasteiger partial charge in [0.05, 0.1) is 0 Å². The molecular weight excluding hydrogens is 350 g/mol. The SMILES string of the molecule is B[PH]1(OCCC#N)OCC2OC(Nc3ncnc(N)c3N)C(O)[C@@H]2O1. The van der Waals surface area contributed by atoms with E-state index in [1.54, 1.807) is 7.57 Å². The van der Waals surface area contributed by atoms with E-state index in [-0.39, 0.29) is 37.0 Å². The van der Waals surface area contributed by atoms with Crippen molar-refractivity contribution in [2.75, 3.05) is 30.0 Å². The van der Waals surface area contributed by atoms with E-state index in [9.17, 15) is 5.11 Å². The van der Waals surface area contributed by atoms with Crippen LogP contribution in [0, 0.1) is 11.3 Å². The van der Waals surface area contributed by atoms with E-state index in [0.717, 1.165) is 0 Å². The number of fused-ring (bicyclic) bond motifs is 1. The second kappa shape index (κ2) is 7.25. The van der Waals surface area contributed by atoms with Gasteiger partial charge >= 0.3 is 145 Å². The van der Waals surface area contributed by atoms with Crippen LogP contribution in [0.15, 0.2) is 6.33 Å². The first kappa shape index (κ1) is 18.1. The van der Waals surface area contributed by atoms with Crippen molar-refractivity contribution in [2.45, 2.75) is 31.0 Å². The molecular formula is C12H20BN6O5P. The summed E-state index contributed by atoms with van der Waals surface area (Å²) in [5.74, 6) is 0.397. The van der Waals surface area contributed by atoms with Crippen LogP contribution < -0.4 is 16.8 Å². The number of nitriles is 1. The predicted octanol–water partition coefficient (Wildman–Crippen LogP) is -1.47. The van der Waals surface area contributed by atoms with Crippen molar-refractivity contribution in [1.82, 2.24) is 9.97 Å². The third-order valence-corrected chi connectivity index (χ3v) is 6.09. The average Bonchev–Trinajstić information content (AvgIpc) is 2.88. The molecule has 6 N–H and O–H groups in total. The molecule has 1 aromatic rings. The fourth-order valence-electron chi connectivity index (χ4n) is 2.67. The molecule has 3 rings (SSSR count). The molecule has 0 aromatic carbocycles. The van der Waals surface area contributed by atoms with Crippen molar-refractivity contribution in [3.05, 3.63) is 6.33 Å². The number of aliphatic hydroxyl groups is 1. The zero-order valence-corrected chi connectivity index (χ0v) is 14.6. The monoisotopic (exact) mass is 370 g/mol. The molecule has 1 aromatic heterocycles. The van der Waals surface area contributed by atoms with E-state index in [0.29, 0.717) is 0 Å². The second-order valence-corrected chi connectivity index (χ2v) is 8.30. The first-order valence-electron chi connectivity index (χ1n) is 7.72. The van der Waals surface area contributed by atoms with Crippen molar-refractivity contribution in [1.29, 1.82) is 5.26 Å². The number of nitrogens with one attached hydrogen (secondary N) is 1. The van der Waals surface area contributed by atoms with E-state index in [1.165, 1.54) is 6.33 Å². The van der Waals surface area contributed by atoms with Crippen molar-refractivity contribution >= 4 is 32.7 Å². The number of nitrogens with two attached hydrogens (primary N) is 2. The van der Waals surface area contributed by atoms with Crippen LogP contribution >= 0.6 is 7.82 Å². The number of nitrogen functional groups attached to an aromatic ring is 2. The molecule has 25 heavy (non-hydrogen) atoms. The zero-order valence-electron chi connectivity index (χ0n) is 13.6. The van der Waals surface area contributed by atoms with Gasteiger partial charge in [-0.15, -0.1) is 0 Å². The van der Waals surface area contributed by atoms with Gasteiger partial charge in [0.1, 0.15) is 0 Å². The molecule has 2 saturated heterocycles. The minimum atomic E-state index is -2.93. The molecule has 0 saturated carbocycles. The Morgan fingerprint density at radius 1 is 1.52 bits per heavy atom. The van der Waals surface area contributed by atoms with Crippen LogP contribution in [-0.2, 0) is 18.3 Å². The summed E-state index contributed by atoms with van der Waals surface area (Å²) in [5, 5.41) is 22.0. The molecule has 3 unspecified atom stereocenters. The van der Waals surface area contributed by atoms with Gasteiger partial charge in [0, 0.05) is 0 Å². The van der Waals surface area contributed by atoms with Gasteiger partial charge in [-0.3, -0.25) is 0 Å². The van der Waals surface area contributed by atoms with Gasteiger partial charge in [0.15, 0.2) is 0 Å². The molecule has 136 valence electrons. The summed E-state index contributed by atoms with van der Waals surface area (Å²) < 4.78 is 22.9. The van der Waals surface area contributed by atoms with Crippen molar-refractivity contribution in [3.8, 4) is 6.07 Å². The number of aromatic nitrogens is 2. The molecule has 0 amide bonds. The molecule has 13 heteroatoms. The van der Waals surface area contributed by atoms with E-state index in [2.05, 4.69) is 15.3 Å². The Bertz CT molecular complexity index is 680. The first-order chi connectivity index (χ1) is 11.9. The Hall–Kier alpha value is -1.74. The normalized spacial score (nSPS) is 31.7. The van der Waals surface area contributed by atoms with E-state index < -0.39 is 32.4 Å². The first-order valence-corrected chi connectivity index (χ1v) is 9.94. The van der Waals surface area contributed by atoms with E-state index >= 15 is 0 Å². The third kappa shape index (κ3) is 3.77. The third-order valence-electron chi connectivity index (χ3n) is 3.97. The number of rotatable bonds is 5. The number of anilines is 3. The maximum absolute atomic E-state index is 10.5. The summed E-state index contributed by atoms with van der Waals surface area (Å²) in [6.45, 7) is 0.433. The van der Waals surface area contributed by atoms with Crippen LogP contribution in [-0.4, -0.2) is 60.4 Å². The van der Waals surface area contributed by atoms with Crippen LogP contribution in [0.1, 0.15) is 6.42 Å².